The van der Waals surface area contributed by atoms with Crippen LogP contribution in [0.25, 0.3) is 0 Å². The van der Waals surface area contributed by atoms with Gasteiger partial charge in [-0.25, -0.2) is 0 Å². The number of ether oxygens (including phenoxy) is 1. The molecule has 0 aromatic rings. The molecule has 92 valence electrons. The summed E-state index contributed by atoms with van der Waals surface area (Å²) in [5, 5.41) is 0. The van der Waals surface area contributed by atoms with Gasteiger partial charge < -0.3 is 14.2 Å². The fourth-order valence-electron chi connectivity index (χ4n) is 2.22. The largest absolute Gasteiger partial charge is 0.469 e. The van der Waals surface area contributed by atoms with E-state index in [1.165, 1.54) is 7.11 Å². The maximum atomic E-state index is 11.7. The van der Waals surface area contributed by atoms with Crippen LogP contribution in [0.15, 0.2) is 0 Å². The first-order valence-electron chi connectivity index (χ1n) is 5.15. The van der Waals surface area contributed by atoms with Gasteiger partial charge in [-0.1, -0.05) is 0 Å². The second kappa shape index (κ2) is 5.11. The second-order valence-corrected chi connectivity index (χ2v) is 4.39. The van der Waals surface area contributed by atoms with Crippen LogP contribution in [0.4, 0.5) is 0 Å². The number of carbonyl (C=O) groups is 2. The molecule has 5 nitrogen and oxygen atoms in total. The zero-order valence-corrected chi connectivity index (χ0v) is 11.1. The van der Waals surface area contributed by atoms with E-state index in [1.54, 1.807) is 18.9 Å². The third-order valence-corrected chi connectivity index (χ3v) is 3.68. The van der Waals surface area contributed by atoms with Crippen molar-refractivity contribution in [2.45, 2.75) is 26.0 Å². The fraction of sp³-hybridized carbons (Fsp3) is 0.800. The molecule has 1 aliphatic heterocycles. The van der Waals surface area contributed by atoms with Gasteiger partial charge in [-0.15, -0.1) is 0 Å². The third kappa shape index (κ3) is 2.06. The number of methoxy groups -OCH3 is 1. The Balaban J connectivity index is 2.78. The summed E-state index contributed by atoms with van der Waals surface area (Å²) in [5.74, 6) is -0.891. The van der Waals surface area contributed by atoms with E-state index >= 15 is 0 Å². The molecule has 0 bridgehead atoms. The Labute approximate surface area is 97.7 Å². The first kappa shape index (κ1) is 13.4. The van der Waals surface area contributed by atoms with Gasteiger partial charge in [0.2, 0.25) is 5.91 Å². The predicted octanol–water partition coefficient (Wildman–Crippen LogP) is 0.447. The number of esters is 1. The quantitative estimate of drug-likeness (QED) is 0.411. The van der Waals surface area contributed by atoms with Crippen molar-refractivity contribution in [3.05, 3.63) is 0 Å². The predicted molar refractivity (Wildman–Crippen MR) is 61.5 cm³/mol. The molecule has 0 radical (unpaired) electrons. The minimum atomic E-state index is -0.333. The highest BCUT2D eigenvalue weighted by Crippen LogP contribution is 2.35. The molecule has 0 spiro atoms. The zero-order chi connectivity index (χ0) is 12.5. The van der Waals surface area contributed by atoms with Gasteiger partial charge in [0.15, 0.2) is 0 Å². The molecule has 0 aliphatic carbocycles. The van der Waals surface area contributed by atoms with Crippen LogP contribution in [0.2, 0.25) is 0 Å². The van der Waals surface area contributed by atoms with Gasteiger partial charge in [0.25, 0.3) is 0 Å². The summed E-state index contributed by atoms with van der Waals surface area (Å²) in [7, 11) is 5.19. The highest BCUT2D eigenvalue weighted by molar-refractivity contribution is 7.09. The topological polar surface area (TPSA) is 55.8 Å². The Morgan fingerprint density at radius 3 is 2.50 bits per heavy atom. The number of hydrogen-bond acceptors (Lipinski definition) is 4. The summed E-state index contributed by atoms with van der Waals surface area (Å²) < 4.78 is 9.77. The van der Waals surface area contributed by atoms with E-state index in [4.69, 9.17) is 9.26 Å². The molecule has 1 aliphatic rings. The standard InChI is InChI=1S/C10H18NO4P/c1-5(10(13)14-4)8-7(6(2)15-16)9(12)11(8)3/h5-8H,16H2,1-4H3. The molecule has 1 amide bonds. The van der Waals surface area contributed by atoms with Crippen molar-refractivity contribution >= 4 is 21.3 Å². The molecule has 0 aromatic heterocycles. The van der Waals surface area contributed by atoms with Crippen LogP contribution >= 0.6 is 9.47 Å². The summed E-state index contributed by atoms with van der Waals surface area (Å²) in [6.45, 7) is 3.58. The van der Waals surface area contributed by atoms with E-state index in [0.717, 1.165) is 0 Å². The summed E-state index contributed by atoms with van der Waals surface area (Å²) >= 11 is 0. The summed E-state index contributed by atoms with van der Waals surface area (Å²) in [6, 6.07) is -0.143. The monoisotopic (exact) mass is 247 g/mol. The van der Waals surface area contributed by atoms with Crippen molar-refractivity contribution in [3.8, 4) is 0 Å². The van der Waals surface area contributed by atoms with Crippen LogP contribution in [0.3, 0.4) is 0 Å². The van der Waals surface area contributed by atoms with Gasteiger partial charge in [-0.3, -0.25) is 9.59 Å². The van der Waals surface area contributed by atoms with E-state index in [2.05, 4.69) is 9.47 Å². The highest BCUT2D eigenvalue weighted by Gasteiger charge is 2.52. The minimum absolute atomic E-state index is 0.00991. The molecule has 1 saturated heterocycles. The number of carbonyl (C=O) groups excluding carboxylic acids is 2. The van der Waals surface area contributed by atoms with E-state index in [-0.39, 0.29) is 35.9 Å². The van der Waals surface area contributed by atoms with Crippen molar-refractivity contribution in [1.29, 1.82) is 0 Å². The van der Waals surface area contributed by atoms with E-state index in [0.29, 0.717) is 0 Å². The number of rotatable bonds is 4. The van der Waals surface area contributed by atoms with Gasteiger partial charge in [0, 0.05) is 16.5 Å². The van der Waals surface area contributed by atoms with Crippen molar-refractivity contribution in [2.24, 2.45) is 11.8 Å². The molecule has 5 atom stereocenters. The first-order chi connectivity index (χ1) is 7.45. The fourth-order valence-corrected chi connectivity index (χ4v) is 2.39. The zero-order valence-electron chi connectivity index (χ0n) is 9.97. The Bertz CT molecular complexity index is 297. The van der Waals surface area contributed by atoms with Crippen LogP contribution in [-0.4, -0.2) is 43.1 Å². The van der Waals surface area contributed by atoms with E-state index in [1.807, 2.05) is 6.92 Å². The smallest absolute Gasteiger partial charge is 0.310 e. The van der Waals surface area contributed by atoms with Gasteiger partial charge >= 0.3 is 5.97 Å². The van der Waals surface area contributed by atoms with Crippen LogP contribution in [0, 0.1) is 11.8 Å². The van der Waals surface area contributed by atoms with Crippen LogP contribution in [-0.2, 0) is 18.8 Å². The van der Waals surface area contributed by atoms with E-state index in [9.17, 15) is 9.59 Å². The molecule has 1 rings (SSSR count). The number of likely N-dealkylation sites (tertiary alicyclic amines) is 1. The number of β-lactam (4-membered cyclic amide) rings is 1. The van der Waals surface area contributed by atoms with Crippen LogP contribution in [0.1, 0.15) is 13.8 Å². The normalized spacial score (nSPS) is 28.3. The third-order valence-electron chi connectivity index (χ3n) is 3.25. The number of nitrogens with zero attached hydrogens (tertiary/aromatic N) is 1. The van der Waals surface area contributed by atoms with Crippen molar-refractivity contribution in [2.75, 3.05) is 14.2 Å². The molecular formula is C10H18NO4P. The molecule has 6 heteroatoms. The van der Waals surface area contributed by atoms with Gasteiger partial charge in [0.05, 0.1) is 31.1 Å². The Kier molecular flexibility index (Phi) is 4.28. The minimum Gasteiger partial charge on any atom is -0.469 e. The molecule has 5 unspecified atom stereocenters. The van der Waals surface area contributed by atoms with Crippen molar-refractivity contribution in [1.82, 2.24) is 4.90 Å². The Morgan fingerprint density at radius 2 is 2.06 bits per heavy atom. The van der Waals surface area contributed by atoms with E-state index < -0.39 is 0 Å². The summed E-state index contributed by atoms with van der Waals surface area (Å²) in [4.78, 5) is 24.7. The highest BCUT2D eigenvalue weighted by atomic mass is 31.0. The molecule has 1 heterocycles. The molecular weight excluding hydrogens is 229 g/mol. The number of hydrogen-bond donors (Lipinski definition) is 0. The first-order valence-corrected chi connectivity index (χ1v) is 5.62. The average molecular weight is 247 g/mol. The van der Waals surface area contributed by atoms with Gasteiger partial charge in [0.1, 0.15) is 0 Å². The SMILES string of the molecule is COC(=O)C(C)C1C(C(C)OP)C(=O)N1C. The van der Waals surface area contributed by atoms with Crippen LogP contribution < -0.4 is 0 Å². The Hall–Kier alpha value is -0.670. The molecule has 1 fully saturated rings. The Morgan fingerprint density at radius 1 is 1.50 bits per heavy atom. The average Bonchev–Trinajstić information content (AvgIpc) is 2.31. The number of amides is 1. The van der Waals surface area contributed by atoms with Gasteiger partial charge in [-0.05, 0) is 13.8 Å². The maximum absolute atomic E-state index is 11.7. The molecule has 0 N–H and O–H groups in total. The molecule has 0 saturated carbocycles. The van der Waals surface area contributed by atoms with Crippen molar-refractivity contribution < 1.29 is 18.8 Å². The van der Waals surface area contributed by atoms with Crippen LogP contribution in [0.5, 0.6) is 0 Å². The molecule has 0 aromatic carbocycles. The summed E-state index contributed by atoms with van der Waals surface area (Å²) in [6.07, 6.45) is -0.217. The lowest BCUT2D eigenvalue weighted by Crippen LogP contribution is -2.65. The lowest BCUT2D eigenvalue weighted by atomic mass is 9.77. The lowest BCUT2D eigenvalue weighted by molar-refractivity contribution is -0.169. The summed E-state index contributed by atoms with van der Waals surface area (Å²) in [5.41, 5.74) is 0. The lowest BCUT2D eigenvalue weighted by Gasteiger charge is -2.49. The van der Waals surface area contributed by atoms with Gasteiger partial charge in [-0.2, -0.15) is 0 Å². The molecule has 16 heavy (non-hydrogen) atoms. The second-order valence-electron chi connectivity index (χ2n) is 4.12. The van der Waals surface area contributed by atoms with Crippen molar-refractivity contribution in [3.63, 3.8) is 0 Å². The maximum Gasteiger partial charge on any atom is 0.310 e.